The molecule has 0 amide bonds. The fraction of sp³-hybridized carbons (Fsp3) is 0.267. The average molecular weight is 338 g/mol. The summed E-state index contributed by atoms with van der Waals surface area (Å²) in [6.07, 6.45) is 1.95. The topological polar surface area (TPSA) is 74.3 Å². The summed E-state index contributed by atoms with van der Waals surface area (Å²) in [7, 11) is -0.663. The van der Waals surface area contributed by atoms with Crippen LogP contribution >= 0.6 is 0 Å². The molecule has 0 radical (unpaired) electrons. The molecular formula is C15H19FN4O2S. The minimum Gasteiger partial charge on any atom is -0.370 e. The number of halogens is 1. The normalized spacial score (nSPS) is 11.5. The number of aromatic nitrogens is 1. The van der Waals surface area contributed by atoms with Gasteiger partial charge < -0.3 is 5.32 Å². The molecule has 0 saturated carbocycles. The number of hydrogen-bond donors (Lipinski definition) is 2. The van der Waals surface area contributed by atoms with Gasteiger partial charge in [-0.2, -0.15) is 12.7 Å². The highest BCUT2D eigenvalue weighted by Crippen LogP contribution is 2.13. The summed E-state index contributed by atoms with van der Waals surface area (Å²) in [6.45, 7) is 0.525. The lowest BCUT2D eigenvalue weighted by Crippen LogP contribution is -2.28. The third-order valence-electron chi connectivity index (χ3n) is 3.15. The quantitative estimate of drug-likeness (QED) is 0.811. The maximum Gasteiger partial charge on any atom is 0.301 e. The minimum absolute atomic E-state index is 0.226. The highest BCUT2D eigenvalue weighted by molar-refractivity contribution is 7.90. The summed E-state index contributed by atoms with van der Waals surface area (Å²) < 4.78 is 40.3. The Morgan fingerprint density at radius 3 is 2.52 bits per heavy atom. The molecule has 0 bridgehead atoms. The number of anilines is 2. The summed E-state index contributed by atoms with van der Waals surface area (Å²) in [6, 6.07) is 9.89. The van der Waals surface area contributed by atoms with E-state index in [-0.39, 0.29) is 5.82 Å². The Labute approximate surface area is 135 Å². The number of benzene rings is 1. The molecule has 1 aromatic carbocycles. The van der Waals surface area contributed by atoms with Crippen LogP contribution < -0.4 is 10.0 Å². The lowest BCUT2D eigenvalue weighted by molar-refractivity contribution is 0.527. The van der Waals surface area contributed by atoms with Crippen molar-refractivity contribution in [1.29, 1.82) is 0 Å². The molecule has 2 aromatic rings. The van der Waals surface area contributed by atoms with Crippen LogP contribution in [0.4, 0.5) is 15.9 Å². The van der Waals surface area contributed by atoms with E-state index in [4.69, 9.17) is 0 Å². The van der Waals surface area contributed by atoms with Gasteiger partial charge in [-0.25, -0.2) is 9.37 Å². The van der Waals surface area contributed by atoms with E-state index in [1.54, 1.807) is 30.3 Å². The zero-order valence-electron chi connectivity index (χ0n) is 13.0. The van der Waals surface area contributed by atoms with Crippen LogP contribution in [0.25, 0.3) is 0 Å². The second-order valence-electron chi connectivity index (χ2n) is 5.09. The Morgan fingerprint density at radius 2 is 1.91 bits per heavy atom. The zero-order valence-corrected chi connectivity index (χ0v) is 13.8. The summed E-state index contributed by atoms with van der Waals surface area (Å²) in [4.78, 5) is 4.13. The Bertz CT molecular complexity index is 748. The molecule has 0 fully saturated rings. The summed E-state index contributed by atoms with van der Waals surface area (Å²) in [5.74, 6) is 0.366. The number of nitrogens with zero attached hydrogens (tertiary/aromatic N) is 2. The molecule has 2 rings (SSSR count). The molecule has 0 unspecified atom stereocenters. The molecule has 0 spiro atoms. The van der Waals surface area contributed by atoms with Crippen molar-refractivity contribution in [3.63, 3.8) is 0 Å². The second kappa shape index (κ2) is 7.38. The SMILES string of the molecule is CN(C)S(=O)(=O)Nc1ccc(NCCc2ccccc2F)nc1. The van der Waals surface area contributed by atoms with E-state index in [1.807, 2.05) is 0 Å². The second-order valence-corrected chi connectivity index (χ2v) is 6.97. The third kappa shape index (κ3) is 4.90. The van der Waals surface area contributed by atoms with Crippen LogP contribution in [0.15, 0.2) is 42.6 Å². The first-order valence-corrected chi connectivity index (χ1v) is 8.46. The number of hydrogen-bond acceptors (Lipinski definition) is 4. The number of pyridine rings is 1. The van der Waals surface area contributed by atoms with Crippen LogP contribution in [-0.2, 0) is 16.6 Å². The van der Waals surface area contributed by atoms with E-state index in [2.05, 4.69) is 15.0 Å². The Kier molecular flexibility index (Phi) is 5.51. The summed E-state index contributed by atoms with van der Waals surface area (Å²) >= 11 is 0. The van der Waals surface area contributed by atoms with Crippen molar-refractivity contribution >= 4 is 21.7 Å². The van der Waals surface area contributed by atoms with Gasteiger partial charge in [-0.3, -0.25) is 4.72 Å². The Hall–Kier alpha value is -2.19. The lowest BCUT2D eigenvalue weighted by Gasteiger charge is -2.13. The van der Waals surface area contributed by atoms with Crippen molar-refractivity contribution in [3.05, 3.63) is 54.0 Å². The van der Waals surface area contributed by atoms with Gasteiger partial charge >= 0.3 is 10.2 Å². The molecule has 8 heteroatoms. The van der Waals surface area contributed by atoms with Crippen molar-refractivity contribution in [2.75, 3.05) is 30.7 Å². The molecule has 0 aliphatic carbocycles. The first-order valence-electron chi connectivity index (χ1n) is 7.02. The van der Waals surface area contributed by atoms with E-state index in [1.165, 1.54) is 26.4 Å². The third-order valence-corrected chi connectivity index (χ3v) is 4.60. The molecule has 0 aliphatic rings. The first kappa shape index (κ1) is 17.2. The fourth-order valence-electron chi connectivity index (χ4n) is 1.83. The molecule has 0 saturated heterocycles. The van der Waals surface area contributed by atoms with Gasteiger partial charge in [-0.1, -0.05) is 18.2 Å². The standard InChI is InChI=1S/C15H19FN4O2S/c1-20(2)23(21,22)19-13-7-8-15(18-11-13)17-10-9-12-5-3-4-6-14(12)16/h3-8,11,19H,9-10H2,1-2H3,(H,17,18). The van der Waals surface area contributed by atoms with E-state index in [9.17, 15) is 12.8 Å². The summed E-state index contributed by atoms with van der Waals surface area (Å²) in [5, 5.41) is 3.07. The molecule has 0 atom stereocenters. The van der Waals surface area contributed by atoms with Crippen LogP contribution in [0.3, 0.4) is 0 Å². The predicted molar refractivity (Wildman–Crippen MR) is 89.1 cm³/mol. The fourth-order valence-corrected chi connectivity index (χ4v) is 2.43. The first-order chi connectivity index (χ1) is 10.9. The van der Waals surface area contributed by atoms with Gasteiger partial charge in [0.1, 0.15) is 11.6 Å². The Morgan fingerprint density at radius 1 is 1.17 bits per heavy atom. The molecule has 23 heavy (non-hydrogen) atoms. The van der Waals surface area contributed by atoms with Crippen molar-refractivity contribution in [2.24, 2.45) is 0 Å². The van der Waals surface area contributed by atoms with Gasteiger partial charge in [0, 0.05) is 20.6 Å². The van der Waals surface area contributed by atoms with Crippen molar-refractivity contribution < 1.29 is 12.8 Å². The highest BCUT2D eigenvalue weighted by Gasteiger charge is 2.12. The Balaban J connectivity index is 1.89. The largest absolute Gasteiger partial charge is 0.370 e. The van der Waals surface area contributed by atoms with Gasteiger partial charge in [0.25, 0.3) is 0 Å². The minimum atomic E-state index is -3.54. The summed E-state index contributed by atoms with van der Waals surface area (Å²) in [5.41, 5.74) is 1.01. The van der Waals surface area contributed by atoms with E-state index >= 15 is 0 Å². The number of nitrogens with one attached hydrogen (secondary N) is 2. The van der Waals surface area contributed by atoms with Crippen molar-refractivity contribution in [2.45, 2.75) is 6.42 Å². The molecule has 0 aliphatic heterocycles. The van der Waals surface area contributed by atoms with Crippen LogP contribution in [0, 0.1) is 5.82 Å². The molecule has 1 heterocycles. The van der Waals surface area contributed by atoms with E-state index in [0.717, 1.165) is 4.31 Å². The van der Waals surface area contributed by atoms with E-state index < -0.39 is 10.2 Å². The van der Waals surface area contributed by atoms with Gasteiger partial charge in [0.15, 0.2) is 0 Å². The average Bonchev–Trinajstić information content (AvgIpc) is 2.50. The highest BCUT2D eigenvalue weighted by atomic mass is 32.2. The maximum atomic E-state index is 13.5. The monoisotopic (exact) mass is 338 g/mol. The van der Waals surface area contributed by atoms with Crippen LogP contribution in [0.2, 0.25) is 0 Å². The molecule has 1 aromatic heterocycles. The lowest BCUT2D eigenvalue weighted by atomic mass is 10.1. The van der Waals surface area contributed by atoms with Crippen molar-refractivity contribution in [1.82, 2.24) is 9.29 Å². The number of rotatable bonds is 7. The maximum absolute atomic E-state index is 13.5. The van der Waals surface area contributed by atoms with Crippen LogP contribution in [0.5, 0.6) is 0 Å². The van der Waals surface area contributed by atoms with Gasteiger partial charge in [-0.05, 0) is 30.2 Å². The molecular weight excluding hydrogens is 319 g/mol. The zero-order chi connectivity index (χ0) is 16.9. The smallest absolute Gasteiger partial charge is 0.301 e. The van der Waals surface area contributed by atoms with E-state index in [0.29, 0.717) is 30.0 Å². The molecule has 2 N–H and O–H groups in total. The van der Waals surface area contributed by atoms with Crippen LogP contribution in [0.1, 0.15) is 5.56 Å². The molecule has 124 valence electrons. The van der Waals surface area contributed by atoms with Gasteiger partial charge in [-0.15, -0.1) is 0 Å². The van der Waals surface area contributed by atoms with Gasteiger partial charge in [0.05, 0.1) is 11.9 Å². The van der Waals surface area contributed by atoms with Crippen LogP contribution in [-0.4, -0.2) is 38.3 Å². The van der Waals surface area contributed by atoms with Crippen molar-refractivity contribution in [3.8, 4) is 0 Å². The van der Waals surface area contributed by atoms with Gasteiger partial charge in [0.2, 0.25) is 0 Å². The molecule has 6 nitrogen and oxygen atoms in total. The predicted octanol–water partition coefficient (Wildman–Crippen LogP) is 2.09.